The molecule has 1 aromatic carbocycles. The Balaban J connectivity index is 3.09. The minimum absolute atomic E-state index is 0.00440. The molecule has 12 heavy (non-hydrogen) atoms. The third-order valence-electron chi connectivity index (χ3n) is 1.53. The molecule has 0 aromatic heterocycles. The van der Waals surface area contributed by atoms with Gasteiger partial charge in [0.1, 0.15) is 0 Å². The zero-order valence-electron chi connectivity index (χ0n) is 6.67. The van der Waals surface area contributed by atoms with Gasteiger partial charge in [0, 0.05) is 5.56 Å². The summed E-state index contributed by atoms with van der Waals surface area (Å²) in [6.07, 6.45) is 0. The minimum Gasteiger partial charge on any atom is -0.505 e. The monoisotopic (exact) mass is 171 g/mol. The number of halogens is 1. The smallest absolute Gasteiger partial charge is 0.165 e. The molecule has 0 heterocycles. The van der Waals surface area contributed by atoms with E-state index in [1.54, 1.807) is 13.0 Å². The van der Waals surface area contributed by atoms with Crippen molar-refractivity contribution in [1.29, 1.82) is 0 Å². The zero-order chi connectivity index (χ0) is 9.14. The number of hydrogen-bond donors (Lipinski definition) is 2. The van der Waals surface area contributed by atoms with Crippen LogP contribution < -0.4 is 5.90 Å². The second kappa shape index (κ2) is 3.51. The maximum Gasteiger partial charge on any atom is 0.165 e. The molecular formula is C8H10FNO2. The van der Waals surface area contributed by atoms with Gasteiger partial charge in [0.25, 0.3) is 0 Å². The Hall–Kier alpha value is -1.13. The molecule has 0 unspecified atom stereocenters. The van der Waals surface area contributed by atoms with Gasteiger partial charge in [-0.25, -0.2) is 10.3 Å². The summed E-state index contributed by atoms with van der Waals surface area (Å²) in [5.74, 6) is 3.75. The van der Waals surface area contributed by atoms with Crippen molar-refractivity contribution in [2.45, 2.75) is 13.5 Å². The van der Waals surface area contributed by atoms with Gasteiger partial charge < -0.3 is 5.11 Å². The average Bonchev–Trinajstić information content (AvgIpc) is 2.00. The van der Waals surface area contributed by atoms with Gasteiger partial charge in [0.2, 0.25) is 0 Å². The molecule has 0 saturated heterocycles. The highest BCUT2D eigenvalue weighted by atomic mass is 19.1. The molecule has 3 N–H and O–H groups in total. The van der Waals surface area contributed by atoms with E-state index in [1.807, 2.05) is 0 Å². The van der Waals surface area contributed by atoms with Crippen molar-refractivity contribution in [1.82, 2.24) is 0 Å². The molecule has 0 saturated carbocycles. The highest BCUT2D eigenvalue weighted by Crippen LogP contribution is 2.22. The molecule has 0 bridgehead atoms. The third kappa shape index (κ3) is 1.72. The first-order chi connectivity index (χ1) is 5.65. The van der Waals surface area contributed by atoms with Gasteiger partial charge in [0.15, 0.2) is 11.6 Å². The number of nitrogens with two attached hydrogens (primary N) is 1. The molecule has 0 aliphatic rings. The van der Waals surface area contributed by atoms with E-state index >= 15 is 0 Å². The maximum atomic E-state index is 12.8. The number of rotatable bonds is 2. The molecule has 0 amide bonds. The topological polar surface area (TPSA) is 55.5 Å². The largest absolute Gasteiger partial charge is 0.505 e. The molecule has 0 aliphatic carbocycles. The summed E-state index contributed by atoms with van der Waals surface area (Å²) in [5, 5.41) is 9.14. The van der Waals surface area contributed by atoms with Gasteiger partial charge in [-0.3, -0.25) is 4.84 Å². The fourth-order valence-electron chi connectivity index (χ4n) is 1.01. The van der Waals surface area contributed by atoms with Crippen LogP contribution in [0.4, 0.5) is 4.39 Å². The molecule has 4 heteroatoms. The van der Waals surface area contributed by atoms with Crippen molar-refractivity contribution in [2.75, 3.05) is 0 Å². The fourth-order valence-corrected chi connectivity index (χ4v) is 1.01. The molecule has 0 fully saturated rings. The highest BCUT2D eigenvalue weighted by Gasteiger charge is 2.07. The summed E-state index contributed by atoms with van der Waals surface area (Å²) >= 11 is 0. The molecule has 0 spiro atoms. The summed E-state index contributed by atoms with van der Waals surface area (Å²) in [7, 11) is 0. The van der Waals surface area contributed by atoms with Crippen LogP contribution in [0.5, 0.6) is 5.75 Å². The first-order valence-electron chi connectivity index (χ1n) is 3.45. The number of aromatic hydroxyl groups is 1. The predicted octanol–water partition coefficient (Wildman–Crippen LogP) is 1.23. The lowest BCUT2D eigenvalue weighted by Crippen LogP contribution is -2.00. The molecule has 1 rings (SSSR count). The Morgan fingerprint density at radius 1 is 1.58 bits per heavy atom. The van der Waals surface area contributed by atoms with Crippen LogP contribution >= 0.6 is 0 Å². The van der Waals surface area contributed by atoms with Crippen molar-refractivity contribution < 1.29 is 14.3 Å². The summed E-state index contributed by atoms with van der Waals surface area (Å²) in [6, 6.07) is 2.86. The maximum absolute atomic E-state index is 12.8. The van der Waals surface area contributed by atoms with E-state index < -0.39 is 11.6 Å². The van der Waals surface area contributed by atoms with Crippen LogP contribution in [0, 0.1) is 12.7 Å². The van der Waals surface area contributed by atoms with Crippen LogP contribution in [-0.4, -0.2) is 5.11 Å². The summed E-state index contributed by atoms with van der Waals surface area (Å²) in [4.78, 5) is 4.29. The lowest BCUT2D eigenvalue weighted by Gasteiger charge is -2.04. The van der Waals surface area contributed by atoms with E-state index in [2.05, 4.69) is 4.84 Å². The quantitative estimate of drug-likeness (QED) is 0.658. The SMILES string of the molecule is Cc1cc(F)c(O)c(CON)c1. The van der Waals surface area contributed by atoms with Crippen LogP contribution in [-0.2, 0) is 11.4 Å². The lowest BCUT2D eigenvalue weighted by atomic mass is 10.1. The molecule has 66 valence electrons. The standard InChI is InChI=1S/C8H10FNO2/c1-5-2-6(4-12-10)8(11)7(9)3-5/h2-3,11H,4,10H2,1H3. The van der Waals surface area contributed by atoms with Crippen molar-refractivity contribution in [3.63, 3.8) is 0 Å². The first kappa shape index (κ1) is 8.96. The third-order valence-corrected chi connectivity index (χ3v) is 1.53. The van der Waals surface area contributed by atoms with E-state index in [0.717, 1.165) is 5.56 Å². The Morgan fingerprint density at radius 3 is 2.83 bits per heavy atom. The molecule has 3 nitrogen and oxygen atoms in total. The number of phenols is 1. The number of aryl methyl sites for hydroxylation is 1. The second-order valence-electron chi connectivity index (χ2n) is 2.57. The predicted molar refractivity (Wildman–Crippen MR) is 41.8 cm³/mol. The van der Waals surface area contributed by atoms with E-state index in [0.29, 0.717) is 5.56 Å². The van der Waals surface area contributed by atoms with Crippen molar-refractivity contribution >= 4 is 0 Å². The Kier molecular flexibility index (Phi) is 2.62. The molecule has 0 aliphatic heterocycles. The molecular weight excluding hydrogens is 161 g/mol. The van der Waals surface area contributed by atoms with E-state index in [1.165, 1.54) is 6.07 Å². The van der Waals surface area contributed by atoms with Crippen molar-refractivity contribution in [3.8, 4) is 5.75 Å². The second-order valence-corrected chi connectivity index (χ2v) is 2.57. The van der Waals surface area contributed by atoms with Crippen molar-refractivity contribution in [2.24, 2.45) is 5.90 Å². The van der Waals surface area contributed by atoms with Gasteiger partial charge >= 0.3 is 0 Å². The van der Waals surface area contributed by atoms with E-state index in [-0.39, 0.29) is 6.61 Å². The van der Waals surface area contributed by atoms with Gasteiger partial charge in [-0.15, -0.1) is 0 Å². The van der Waals surface area contributed by atoms with Crippen LogP contribution in [0.3, 0.4) is 0 Å². The van der Waals surface area contributed by atoms with E-state index in [4.69, 9.17) is 11.0 Å². The first-order valence-corrected chi connectivity index (χ1v) is 3.45. The number of hydrogen-bond acceptors (Lipinski definition) is 3. The van der Waals surface area contributed by atoms with Gasteiger partial charge in [-0.05, 0) is 24.6 Å². The van der Waals surface area contributed by atoms with Gasteiger partial charge in [-0.2, -0.15) is 0 Å². The number of phenolic OH excluding ortho intramolecular Hbond substituents is 1. The van der Waals surface area contributed by atoms with Crippen LogP contribution in [0.1, 0.15) is 11.1 Å². The average molecular weight is 171 g/mol. The summed E-state index contributed by atoms with van der Waals surface area (Å²) < 4.78 is 12.8. The lowest BCUT2D eigenvalue weighted by molar-refractivity contribution is 0.121. The highest BCUT2D eigenvalue weighted by molar-refractivity contribution is 5.36. The van der Waals surface area contributed by atoms with Gasteiger partial charge in [-0.1, -0.05) is 0 Å². The zero-order valence-corrected chi connectivity index (χ0v) is 6.67. The minimum atomic E-state index is -0.651. The summed E-state index contributed by atoms with van der Waals surface area (Å²) in [6.45, 7) is 1.73. The Labute approximate surface area is 69.5 Å². The van der Waals surface area contributed by atoms with Crippen molar-refractivity contribution in [3.05, 3.63) is 29.1 Å². The molecule has 0 atom stereocenters. The van der Waals surface area contributed by atoms with Gasteiger partial charge in [0.05, 0.1) is 6.61 Å². The number of benzene rings is 1. The molecule has 0 radical (unpaired) electrons. The van der Waals surface area contributed by atoms with Crippen LogP contribution in [0.15, 0.2) is 12.1 Å². The normalized spacial score (nSPS) is 10.2. The van der Waals surface area contributed by atoms with Crippen LogP contribution in [0.2, 0.25) is 0 Å². The Bertz CT molecular complexity index is 289. The Morgan fingerprint density at radius 2 is 2.25 bits per heavy atom. The molecule has 1 aromatic rings. The summed E-state index contributed by atoms with van der Waals surface area (Å²) in [5.41, 5.74) is 1.08. The fraction of sp³-hybridized carbons (Fsp3) is 0.250. The van der Waals surface area contributed by atoms with E-state index in [9.17, 15) is 4.39 Å². The van der Waals surface area contributed by atoms with Crippen LogP contribution in [0.25, 0.3) is 0 Å².